The summed E-state index contributed by atoms with van der Waals surface area (Å²) in [6.07, 6.45) is 0. The van der Waals surface area contributed by atoms with Gasteiger partial charge in [-0.1, -0.05) is 6.07 Å². The van der Waals surface area contributed by atoms with Crippen LogP contribution >= 0.6 is 0 Å². The molecule has 0 saturated carbocycles. The van der Waals surface area contributed by atoms with Crippen molar-refractivity contribution in [2.45, 2.75) is 13.8 Å². The number of benzene rings is 2. The van der Waals surface area contributed by atoms with Gasteiger partial charge in [-0.25, -0.2) is 0 Å². The van der Waals surface area contributed by atoms with Crippen molar-refractivity contribution >= 4 is 17.3 Å². The van der Waals surface area contributed by atoms with E-state index in [9.17, 15) is 4.79 Å². The van der Waals surface area contributed by atoms with Gasteiger partial charge in [0, 0.05) is 6.07 Å². The summed E-state index contributed by atoms with van der Waals surface area (Å²) in [6, 6.07) is 10.9. The van der Waals surface area contributed by atoms with Crippen LogP contribution < -0.4 is 20.5 Å². The zero-order valence-electron chi connectivity index (χ0n) is 13.0. The summed E-state index contributed by atoms with van der Waals surface area (Å²) in [5.74, 6) is 1.05. The van der Waals surface area contributed by atoms with Gasteiger partial charge < -0.3 is 20.5 Å². The van der Waals surface area contributed by atoms with E-state index in [1.54, 1.807) is 25.3 Å². The first-order valence-corrected chi connectivity index (χ1v) is 6.92. The number of anilines is 2. The lowest BCUT2D eigenvalue weighted by Gasteiger charge is -2.11. The normalized spacial score (nSPS) is 10.1. The van der Waals surface area contributed by atoms with Crippen LogP contribution in [0.3, 0.4) is 0 Å². The third-order valence-corrected chi connectivity index (χ3v) is 3.10. The number of nitrogen functional groups attached to an aromatic ring is 1. The molecule has 22 heavy (non-hydrogen) atoms. The molecule has 2 rings (SSSR count). The van der Waals surface area contributed by atoms with E-state index < -0.39 is 0 Å². The maximum atomic E-state index is 11.9. The van der Waals surface area contributed by atoms with Crippen molar-refractivity contribution in [1.29, 1.82) is 0 Å². The van der Waals surface area contributed by atoms with E-state index in [1.165, 1.54) is 0 Å². The van der Waals surface area contributed by atoms with Crippen LogP contribution in [-0.4, -0.2) is 19.6 Å². The third-order valence-electron chi connectivity index (χ3n) is 3.10. The Morgan fingerprint density at radius 1 is 1.09 bits per heavy atom. The highest BCUT2D eigenvalue weighted by atomic mass is 16.5. The molecule has 0 unspecified atom stereocenters. The standard InChI is InChI=1S/C17H20N2O3/c1-11-6-12(2)8-14(7-11)22-10-17(20)19-16-5-4-13(21-3)9-15(16)18/h4-9H,10,18H2,1-3H3,(H,19,20). The quantitative estimate of drug-likeness (QED) is 0.833. The summed E-state index contributed by atoms with van der Waals surface area (Å²) < 4.78 is 10.6. The smallest absolute Gasteiger partial charge is 0.262 e. The predicted octanol–water partition coefficient (Wildman–Crippen LogP) is 2.91. The van der Waals surface area contributed by atoms with Gasteiger partial charge in [0.1, 0.15) is 11.5 Å². The van der Waals surface area contributed by atoms with Crippen LogP contribution in [0.4, 0.5) is 11.4 Å². The van der Waals surface area contributed by atoms with E-state index in [0.717, 1.165) is 11.1 Å². The molecule has 0 aromatic heterocycles. The molecule has 116 valence electrons. The van der Waals surface area contributed by atoms with Gasteiger partial charge in [-0.15, -0.1) is 0 Å². The zero-order chi connectivity index (χ0) is 16.1. The summed E-state index contributed by atoms with van der Waals surface area (Å²) in [7, 11) is 1.56. The van der Waals surface area contributed by atoms with Crippen LogP contribution in [0.15, 0.2) is 36.4 Å². The molecule has 0 aliphatic rings. The first-order valence-electron chi connectivity index (χ1n) is 6.92. The molecule has 2 aromatic rings. The number of ether oxygens (including phenoxy) is 2. The van der Waals surface area contributed by atoms with E-state index >= 15 is 0 Å². The number of hydrogen-bond acceptors (Lipinski definition) is 4. The Morgan fingerprint density at radius 3 is 2.36 bits per heavy atom. The molecule has 0 spiro atoms. The van der Waals surface area contributed by atoms with Crippen LogP contribution in [0, 0.1) is 13.8 Å². The minimum Gasteiger partial charge on any atom is -0.497 e. The van der Waals surface area contributed by atoms with Gasteiger partial charge in [-0.3, -0.25) is 4.79 Å². The van der Waals surface area contributed by atoms with Gasteiger partial charge >= 0.3 is 0 Å². The van der Waals surface area contributed by atoms with E-state index in [4.69, 9.17) is 15.2 Å². The maximum absolute atomic E-state index is 11.9. The van der Waals surface area contributed by atoms with Crippen molar-refractivity contribution in [3.8, 4) is 11.5 Å². The Kier molecular flexibility index (Phi) is 4.88. The minimum absolute atomic E-state index is 0.0750. The molecule has 2 aromatic carbocycles. The number of carbonyl (C=O) groups excluding carboxylic acids is 1. The average molecular weight is 300 g/mol. The highest BCUT2D eigenvalue weighted by Gasteiger charge is 2.07. The number of aryl methyl sites for hydroxylation is 2. The molecule has 3 N–H and O–H groups in total. The second-order valence-electron chi connectivity index (χ2n) is 5.11. The molecule has 0 radical (unpaired) electrons. The Balaban J connectivity index is 1.95. The lowest BCUT2D eigenvalue weighted by molar-refractivity contribution is -0.118. The summed E-state index contributed by atoms with van der Waals surface area (Å²) in [5, 5.41) is 2.72. The summed E-state index contributed by atoms with van der Waals surface area (Å²) in [4.78, 5) is 11.9. The summed E-state index contributed by atoms with van der Waals surface area (Å²) >= 11 is 0. The van der Waals surface area contributed by atoms with Crippen LogP contribution in [0.5, 0.6) is 11.5 Å². The fraction of sp³-hybridized carbons (Fsp3) is 0.235. The number of carbonyl (C=O) groups is 1. The number of hydrogen-bond donors (Lipinski definition) is 2. The van der Waals surface area contributed by atoms with Crippen LogP contribution in [0.25, 0.3) is 0 Å². The number of methoxy groups -OCH3 is 1. The number of nitrogens with one attached hydrogen (secondary N) is 1. The van der Waals surface area contributed by atoms with Crippen molar-refractivity contribution in [1.82, 2.24) is 0 Å². The van der Waals surface area contributed by atoms with Gasteiger partial charge in [0.15, 0.2) is 6.61 Å². The molecular formula is C17H20N2O3. The monoisotopic (exact) mass is 300 g/mol. The largest absolute Gasteiger partial charge is 0.497 e. The molecule has 1 amide bonds. The number of nitrogens with two attached hydrogens (primary N) is 1. The highest BCUT2D eigenvalue weighted by Crippen LogP contribution is 2.24. The van der Waals surface area contributed by atoms with Crippen LogP contribution in [0.1, 0.15) is 11.1 Å². The predicted molar refractivity (Wildman–Crippen MR) is 87.4 cm³/mol. The Hall–Kier alpha value is -2.69. The Bertz CT molecular complexity index is 663. The van der Waals surface area contributed by atoms with Gasteiger partial charge in [0.05, 0.1) is 18.5 Å². The lowest BCUT2D eigenvalue weighted by Crippen LogP contribution is -2.20. The van der Waals surface area contributed by atoms with Gasteiger partial charge in [-0.2, -0.15) is 0 Å². The maximum Gasteiger partial charge on any atom is 0.262 e. The molecule has 0 bridgehead atoms. The molecule has 5 nitrogen and oxygen atoms in total. The average Bonchev–Trinajstić information content (AvgIpc) is 2.46. The molecule has 0 heterocycles. The minimum atomic E-state index is -0.268. The Labute approximate surface area is 130 Å². The molecule has 0 saturated heterocycles. The highest BCUT2D eigenvalue weighted by molar-refractivity contribution is 5.95. The van der Waals surface area contributed by atoms with Crippen molar-refractivity contribution in [3.63, 3.8) is 0 Å². The topological polar surface area (TPSA) is 73.6 Å². The zero-order valence-corrected chi connectivity index (χ0v) is 13.0. The fourth-order valence-electron chi connectivity index (χ4n) is 2.13. The first kappa shape index (κ1) is 15.7. The number of amides is 1. The van der Waals surface area contributed by atoms with Crippen LogP contribution in [-0.2, 0) is 4.79 Å². The molecular weight excluding hydrogens is 280 g/mol. The molecule has 0 atom stereocenters. The lowest BCUT2D eigenvalue weighted by atomic mass is 10.1. The van der Waals surface area contributed by atoms with E-state index in [-0.39, 0.29) is 12.5 Å². The SMILES string of the molecule is COc1ccc(NC(=O)COc2cc(C)cc(C)c2)c(N)c1. The second-order valence-corrected chi connectivity index (χ2v) is 5.11. The summed E-state index contributed by atoms with van der Waals surface area (Å²) in [6.45, 7) is 3.89. The molecule has 0 aliphatic carbocycles. The third kappa shape index (κ3) is 4.15. The number of rotatable bonds is 5. The fourth-order valence-corrected chi connectivity index (χ4v) is 2.13. The van der Waals surface area contributed by atoms with Gasteiger partial charge in [0.25, 0.3) is 5.91 Å². The van der Waals surface area contributed by atoms with Gasteiger partial charge in [0.2, 0.25) is 0 Å². The van der Waals surface area contributed by atoms with E-state index in [1.807, 2.05) is 32.0 Å². The van der Waals surface area contributed by atoms with E-state index in [0.29, 0.717) is 22.9 Å². The molecule has 0 aliphatic heterocycles. The second kappa shape index (κ2) is 6.85. The van der Waals surface area contributed by atoms with Crippen molar-refractivity contribution in [3.05, 3.63) is 47.5 Å². The summed E-state index contributed by atoms with van der Waals surface area (Å²) in [5.41, 5.74) is 9.02. The first-order chi connectivity index (χ1) is 10.5. The van der Waals surface area contributed by atoms with Gasteiger partial charge in [-0.05, 0) is 49.2 Å². The van der Waals surface area contributed by atoms with E-state index in [2.05, 4.69) is 5.32 Å². The Morgan fingerprint density at radius 2 is 1.77 bits per heavy atom. The molecule has 0 fully saturated rings. The van der Waals surface area contributed by atoms with Crippen molar-refractivity contribution in [2.75, 3.05) is 24.8 Å². The van der Waals surface area contributed by atoms with Crippen LogP contribution in [0.2, 0.25) is 0 Å². The molecule has 5 heteroatoms. The van der Waals surface area contributed by atoms with Crippen molar-refractivity contribution < 1.29 is 14.3 Å². The van der Waals surface area contributed by atoms with Crippen molar-refractivity contribution in [2.24, 2.45) is 0 Å².